The Bertz CT molecular complexity index is 1430. The van der Waals surface area contributed by atoms with Gasteiger partial charge in [-0.25, -0.2) is 4.98 Å². The van der Waals surface area contributed by atoms with E-state index in [9.17, 15) is 0 Å². The normalized spacial score (nSPS) is 14.7. The van der Waals surface area contributed by atoms with Crippen LogP contribution in [0.25, 0.3) is 22.0 Å². The first-order valence-electron chi connectivity index (χ1n) is 10.5. The molecule has 150 valence electrons. The highest BCUT2D eigenvalue weighted by Gasteiger charge is 2.35. The van der Waals surface area contributed by atoms with Crippen molar-refractivity contribution < 1.29 is 9.15 Å². The van der Waals surface area contributed by atoms with Gasteiger partial charge in [0.25, 0.3) is 0 Å². The van der Waals surface area contributed by atoms with Gasteiger partial charge < -0.3 is 9.15 Å². The molecule has 0 aliphatic carbocycles. The summed E-state index contributed by atoms with van der Waals surface area (Å²) in [6.07, 6.45) is 0. The molecule has 6 rings (SSSR count). The minimum absolute atomic E-state index is 0.110. The van der Waals surface area contributed by atoms with Crippen LogP contribution in [0.2, 0.25) is 0 Å². The molecule has 3 heteroatoms. The van der Waals surface area contributed by atoms with Gasteiger partial charge in [0, 0.05) is 23.6 Å². The highest BCUT2D eigenvalue weighted by atomic mass is 16.5. The average Bonchev–Trinajstić information content (AvgIpc) is 3.19. The minimum Gasteiger partial charge on any atom is -0.457 e. The second-order valence-electron chi connectivity index (χ2n) is 8.09. The van der Waals surface area contributed by atoms with Crippen molar-refractivity contribution in [3.05, 3.63) is 113 Å². The van der Waals surface area contributed by atoms with Crippen LogP contribution in [0.5, 0.6) is 11.5 Å². The number of oxazole rings is 1. The van der Waals surface area contributed by atoms with E-state index in [1.807, 2.05) is 25.1 Å². The molecule has 1 unspecified atom stereocenters. The highest BCUT2D eigenvalue weighted by molar-refractivity contribution is 5.90. The number of hydrogen-bond donors (Lipinski definition) is 0. The van der Waals surface area contributed by atoms with Gasteiger partial charge in [-0.2, -0.15) is 0 Å². The summed E-state index contributed by atoms with van der Waals surface area (Å²) in [5.74, 6) is 3.15. The molecule has 31 heavy (non-hydrogen) atoms. The molecular weight excluding hydrogens is 382 g/mol. The molecule has 0 saturated carbocycles. The molecular formula is C28H21NO2. The second-order valence-corrected chi connectivity index (χ2v) is 8.09. The predicted molar refractivity (Wildman–Crippen MR) is 123 cm³/mol. The molecule has 0 N–H and O–H groups in total. The Labute approximate surface area is 181 Å². The molecule has 0 bridgehead atoms. The number of hydrogen-bond acceptors (Lipinski definition) is 3. The topological polar surface area (TPSA) is 35.3 Å². The second kappa shape index (κ2) is 6.85. The van der Waals surface area contributed by atoms with E-state index in [-0.39, 0.29) is 5.92 Å². The number of ether oxygens (including phenoxy) is 1. The Kier molecular flexibility index (Phi) is 3.97. The van der Waals surface area contributed by atoms with Crippen LogP contribution in [0, 0.1) is 13.8 Å². The molecule has 0 saturated heterocycles. The van der Waals surface area contributed by atoms with E-state index >= 15 is 0 Å². The molecule has 1 aliphatic heterocycles. The van der Waals surface area contributed by atoms with Gasteiger partial charge in [0.2, 0.25) is 0 Å². The van der Waals surface area contributed by atoms with Crippen molar-refractivity contribution in [2.75, 3.05) is 0 Å². The zero-order valence-electron chi connectivity index (χ0n) is 17.4. The van der Waals surface area contributed by atoms with Crippen LogP contribution in [-0.2, 0) is 0 Å². The lowest BCUT2D eigenvalue weighted by Crippen LogP contribution is -2.13. The van der Waals surface area contributed by atoms with Crippen LogP contribution in [0.3, 0.4) is 0 Å². The van der Waals surface area contributed by atoms with Crippen molar-refractivity contribution in [3.63, 3.8) is 0 Å². The number of benzene rings is 4. The van der Waals surface area contributed by atoms with Gasteiger partial charge >= 0.3 is 0 Å². The summed E-state index contributed by atoms with van der Waals surface area (Å²) in [5, 5.41) is 2.36. The van der Waals surface area contributed by atoms with Gasteiger partial charge in [-0.05, 0) is 29.8 Å². The molecule has 0 spiro atoms. The van der Waals surface area contributed by atoms with E-state index < -0.39 is 0 Å². The van der Waals surface area contributed by atoms with Crippen molar-refractivity contribution >= 4 is 10.8 Å². The predicted octanol–water partition coefficient (Wildman–Crippen LogP) is 7.40. The fourth-order valence-corrected chi connectivity index (χ4v) is 4.64. The summed E-state index contributed by atoms with van der Waals surface area (Å²) in [6, 6.07) is 29.3. The molecule has 3 nitrogen and oxygen atoms in total. The lowest BCUT2D eigenvalue weighted by atomic mass is 9.81. The lowest BCUT2D eigenvalue weighted by molar-refractivity contribution is 0.426. The third-order valence-electron chi connectivity index (χ3n) is 5.99. The Morgan fingerprint density at radius 3 is 2.42 bits per heavy atom. The van der Waals surface area contributed by atoms with Crippen molar-refractivity contribution in [2.24, 2.45) is 0 Å². The van der Waals surface area contributed by atoms with Crippen molar-refractivity contribution in [2.45, 2.75) is 19.8 Å². The summed E-state index contributed by atoms with van der Waals surface area (Å²) in [4.78, 5) is 4.80. The van der Waals surface area contributed by atoms with Gasteiger partial charge in [-0.1, -0.05) is 78.4 Å². The fraction of sp³-hybridized carbons (Fsp3) is 0.107. The van der Waals surface area contributed by atoms with Gasteiger partial charge in [-0.3, -0.25) is 0 Å². The van der Waals surface area contributed by atoms with E-state index in [0.29, 0.717) is 5.89 Å². The maximum absolute atomic E-state index is 6.38. The third kappa shape index (κ3) is 2.85. The van der Waals surface area contributed by atoms with Crippen LogP contribution in [0.15, 0.2) is 89.3 Å². The Hall–Kier alpha value is -3.85. The van der Waals surface area contributed by atoms with Gasteiger partial charge in [0.05, 0.1) is 5.92 Å². The van der Waals surface area contributed by atoms with E-state index in [2.05, 4.69) is 73.7 Å². The van der Waals surface area contributed by atoms with Crippen molar-refractivity contribution in [3.8, 4) is 22.8 Å². The summed E-state index contributed by atoms with van der Waals surface area (Å²) < 4.78 is 12.7. The summed E-state index contributed by atoms with van der Waals surface area (Å²) in [5.41, 5.74) is 5.36. The molecule has 2 heterocycles. The minimum atomic E-state index is -0.110. The monoisotopic (exact) mass is 403 g/mol. The van der Waals surface area contributed by atoms with Crippen LogP contribution < -0.4 is 4.74 Å². The number of fused-ring (bicyclic) bond motifs is 4. The maximum atomic E-state index is 6.38. The third-order valence-corrected chi connectivity index (χ3v) is 5.99. The largest absolute Gasteiger partial charge is 0.457 e. The molecule has 0 fully saturated rings. The lowest BCUT2D eigenvalue weighted by Gasteiger charge is -2.29. The first-order valence-corrected chi connectivity index (χ1v) is 10.5. The fourth-order valence-electron chi connectivity index (χ4n) is 4.64. The number of aryl methyl sites for hydroxylation is 2. The van der Waals surface area contributed by atoms with Gasteiger partial charge in [0.15, 0.2) is 5.89 Å². The summed E-state index contributed by atoms with van der Waals surface area (Å²) in [7, 11) is 0. The summed E-state index contributed by atoms with van der Waals surface area (Å²) >= 11 is 0. The van der Waals surface area contributed by atoms with Crippen LogP contribution >= 0.6 is 0 Å². The zero-order valence-corrected chi connectivity index (χ0v) is 17.4. The first-order chi connectivity index (χ1) is 15.2. The van der Waals surface area contributed by atoms with Crippen LogP contribution in [0.1, 0.15) is 34.3 Å². The standard InChI is InChI=1S/C28H21NO2/c1-17-12-14-23-22(16-17)26(25-21-11-7-6-8-19(21)13-15-24(25)31-23)28-27(29-18(2)30-28)20-9-4-3-5-10-20/h3-16,26H,1-2H3. The molecule has 5 aromatic rings. The quantitative estimate of drug-likeness (QED) is 0.302. The summed E-state index contributed by atoms with van der Waals surface area (Å²) in [6.45, 7) is 4.02. The smallest absolute Gasteiger partial charge is 0.191 e. The highest BCUT2D eigenvalue weighted by Crippen LogP contribution is 2.51. The molecule has 1 aromatic heterocycles. The van der Waals surface area contributed by atoms with Crippen LogP contribution in [0.4, 0.5) is 0 Å². The average molecular weight is 403 g/mol. The van der Waals surface area contributed by atoms with E-state index in [1.165, 1.54) is 16.3 Å². The zero-order chi connectivity index (χ0) is 20.9. The van der Waals surface area contributed by atoms with E-state index in [1.54, 1.807) is 0 Å². The first kappa shape index (κ1) is 18.0. The van der Waals surface area contributed by atoms with Crippen molar-refractivity contribution in [1.29, 1.82) is 0 Å². The van der Waals surface area contributed by atoms with Gasteiger partial charge in [0.1, 0.15) is 23.0 Å². The Balaban J connectivity index is 1.70. The maximum Gasteiger partial charge on any atom is 0.191 e. The molecule has 0 amide bonds. The molecule has 0 radical (unpaired) electrons. The Morgan fingerprint density at radius 2 is 1.55 bits per heavy atom. The molecule has 1 aliphatic rings. The SMILES string of the molecule is Cc1ccc2c(c1)C(c1oc(C)nc1-c1ccccc1)c1c(ccc3ccccc13)O2. The molecule has 1 atom stereocenters. The number of nitrogens with zero attached hydrogens (tertiary/aromatic N) is 1. The van der Waals surface area contributed by atoms with Gasteiger partial charge in [-0.15, -0.1) is 0 Å². The van der Waals surface area contributed by atoms with Crippen LogP contribution in [-0.4, -0.2) is 4.98 Å². The van der Waals surface area contributed by atoms with E-state index in [0.717, 1.165) is 39.6 Å². The van der Waals surface area contributed by atoms with E-state index in [4.69, 9.17) is 14.1 Å². The number of rotatable bonds is 2. The number of aromatic nitrogens is 1. The molecule has 4 aromatic carbocycles. The van der Waals surface area contributed by atoms with Crippen molar-refractivity contribution in [1.82, 2.24) is 4.98 Å². The Morgan fingerprint density at radius 1 is 0.774 bits per heavy atom.